The number of hydrogen-bond donors (Lipinski definition) is 1. The molecule has 2 heterocycles. The summed E-state index contributed by atoms with van der Waals surface area (Å²) in [6, 6.07) is 19.1. The van der Waals surface area contributed by atoms with Crippen LogP contribution in [0.3, 0.4) is 0 Å². The second-order valence-corrected chi connectivity index (χ2v) is 10.8. The predicted molar refractivity (Wildman–Crippen MR) is 138 cm³/mol. The maximum absolute atomic E-state index is 13.2. The molecule has 0 radical (unpaired) electrons. The monoisotopic (exact) mass is 566 g/mol. The van der Waals surface area contributed by atoms with Crippen molar-refractivity contribution in [2.45, 2.75) is 11.8 Å². The number of carbonyl (C=O) groups is 2. The van der Waals surface area contributed by atoms with Gasteiger partial charge in [0.05, 0.1) is 22.6 Å². The lowest BCUT2D eigenvalue weighted by Crippen LogP contribution is -2.29. The van der Waals surface area contributed by atoms with Crippen molar-refractivity contribution in [2.24, 2.45) is 7.05 Å². The number of nitrogens with one attached hydrogen (secondary N) is 1. The van der Waals surface area contributed by atoms with E-state index in [1.165, 1.54) is 28.9 Å². The second kappa shape index (κ2) is 8.61. The number of halogens is 1. The molecule has 1 aliphatic heterocycles. The van der Waals surface area contributed by atoms with Gasteiger partial charge in [0.25, 0.3) is 27.4 Å². The largest absolute Gasteiger partial charge is 0.316 e. The standard InChI is InChI=1S/C25H19BrN4O5S/c1-15-22(25(33)29(28(15)2)18-6-4-3-5-7-18)27-23(31)16-8-13-20-21(14-16)36(34,35)30(24(20)32)19-11-9-17(26)10-12-19/h3-14H,1-2H3,(H,27,31). The first-order chi connectivity index (χ1) is 17.1. The minimum Gasteiger partial charge on any atom is -0.316 e. The third kappa shape index (κ3) is 3.67. The van der Waals surface area contributed by atoms with Gasteiger partial charge in [-0.25, -0.2) is 13.1 Å². The smallest absolute Gasteiger partial charge is 0.295 e. The molecule has 0 bridgehead atoms. The fourth-order valence-corrected chi connectivity index (χ4v) is 5.99. The number of rotatable bonds is 4. The van der Waals surface area contributed by atoms with Crippen LogP contribution in [0.5, 0.6) is 0 Å². The van der Waals surface area contributed by atoms with Crippen LogP contribution >= 0.6 is 15.9 Å². The van der Waals surface area contributed by atoms with E-state index in [2.05, 4.69) is 21.2 Å². The number of amides is 2. The normalized spacial score (nSPS) is 14.1. The van der Waals surface area contributed by atoms with E-state index in [1.807, 2.05) is 6.07 Å². The Morgan fingerprint density at radius 2 is 1.58 bits per heavy atom. The Bertz CT molecular complexity index is 1710. The zero-order chi connectivity index (χ0) is 25.8. The molecule has 4 aromatic rings. The molecule has 9 nitrogen and oxygen atoms in total. The summed E-state index contributed by atoms with van der Waals surface area (Å²) in [6.45, 7) is 1.69. The number of anilines is 2. The van der Waals surface area contributed by atoms with Crippen LogP contribution in [0.1, 0.15) is 26.4 Å². The summed E-state index contributed by atoms with van der Waals surface area (Å²) in [5.41, 5.74) is 0.939. The molecular formula is C25H19BrN4O5S. The highest BCUT2D eigenvalue weighted by molar-refractivity contribution is 9.10. The highest BCUT2D eigenvalue weighted by Gasteiger charge is 2.42. The van der Waals surface area contributed by atoms with Crippen molar-refractivity contribution < 1.29 is 18.0 Å². The van der Waals surface area contributed by atoms with Crippen LogP contribution < -0.4 is 15.2 Å². The topological polar surface area (TPSA) is 110 Å². The van der Waals surface area contributed by atoms with Crippen LogP contribution in [0, 0.1) is 6.92 Å². The quantitative estimate of drug-likeness (QED) is 0.403. The summed E-state index contributed by atoms with van der Waals surface area (Å²) in [4.78, 5) is 38.9. The lowest BCUT2D eigenvalue weighted by Gasteiger charge is -2.15. The molecule has 0 saturated heterocycles. The highest BCUT2D eigenvalue weighted by atomic mass is 79.9. The Hall–Kier alpha value is -3.96. The van der Waals surface area contributed by atoms with Gasteiger partial charge in [0.1, 0.15) is 10.6 Å². The van der Waals surface area contributed by atoms with Gasteiger partial charge in [0, 0.05) is 17.1 Å². The highest BCUT2D eigenvalue weighted by Crippen LogP contribution is 2.35. The van der Waals surface area contributed by atoms with Gasteiger partial charge in [-0.3, -0.25) is 19.1 Å². The van der Waals surface area contributed by atoms with E-state index in [0.717, 1.165) is 10.5 Å². The molecule has 0 spiro atoms. The Kier molecular flexibility index (Phi) is 5.68. The van der Waals surface area contributed by atoms with Gasteiger partial charge in [0.15, 0.2) is 0 Å². The number of nitrogens with zero attached hydrogens (tertiary/aromatic N) is 3. The van der Waals surface area contributed by atoms with Gasteiger partial charge in [-0.1, -0.05) is 34.1 Å². The molecule has 11 heteroatoms. The second-order valence-electron chi connectivity index (χ2n) is 8.15. The molecule has 3 aromatic carbocycles. The van der Waals surface area contributed by atoms with E-state index in [4.69, 9.17) is 0 Å². The zero-order valence-corrected chi connectivity index (χ0v) is 21.5. The summed E-state index contributed by atoms with van der Waals surface area (Å²) in [7, 11) is -2.53. The van der Waals surface area contributed by atoms with Gasteiger partial charge < -0.3 is 5.32 Å². The van der Waals surface area contributed by atoms with Gasteiger partial charge >= 0.3 is 0 Å². The van der Waals surface area contributed by atoms with Crippen LogP contribution in [0.4, 0.5) is 11.4 Å². The fourth-order valence-electron chi connectivity index (χ4n) is 4.10. The molecular weight excluding hydrogens is 548 g/mol. The van der Waals surface area contributed by atoms with Crippen molar-refractivity contribution in [1.82, 2.24) is 9.36 Å². The predicted octanol–water partition coefficient (Wildman–Crippen LogP) is 3.85. The number of carbonyl (C=O) groups excluding carboxylic acids is 2. The van der Waals surface area contributed by atoms with E-state index >= 15 is 0 Å². The minimum atomic E-state index is -4.23. The molecule has 1 aromatic heterocycles. The molecule has 5 rings (SSSR count). The first kappa shape index (κ1) is 23.8. The van der Waals surface area contributed by atoms with Gasteiger partial charge in [-0.05, 0) is 61.5 Å². The third-order valence-electron chi connectivity index (χ3n) is 6.03. The maximum Gasteiger partial charge on any atom is 0.295 e. The summed E-state index contributed by atoms with van der Waals surface area (Å²) >= 11 is 3.29. The zero-order valence-electron chi connectivity index (χ0n) is 19.1. The molecule has 1 aliphatic rings. The van der Waals surface area contributed by atoms with E-state index in [9.17, 15) is 22.8 Å². The Morgan fingerprint density at radius 1 is 0.917 bits per heavy atom. The first-order valence-corrected chi connectivity index (χ1v) is 13.0. The fraction of sp³-hybridized carbons (Fsp3) is 0.0800. The maximum atomic E-state index is 13.2. The van der Waals surface area contributed by atoms with Crippen LogP contribution in [-0.2, 0) is 17.1 Å². The first-order valence-electron chi connectivity index (χ1n) is 10.8. The number of hydrogen-bond acceptors (Lipinski definition) is 5. The number of aromatic nitrogens is 2. The van der Waals surface area contributed by atoms with Crippen LogP contribution in [-0.4, -0.2) is 29.6 Å². The van der Waals surface area contributed by atoms with E-state index < -0.39 is 27.4 Å². The molecule has 0 aliphatic carbocycles. The van der Waals surface area contributed by atoms with Gasteiger partial charge in [0.2, 0.25) is 0 Å². The number of sulfonamides is 1. The van der Waals surface area contributed by atoms with Crippen molar-refractivity contribution in [2.75, 3.05) is 9.62 Å². The molecule has 0 saturated carbocycles. The van der Waals surface area contributed by atoms with Crippen LogP contribution in [0.25, 0.3) is 5.69 Å². The van der Waals surface area contributed by atoms with Crippen molar-refractivity contribution in [3.63, 3.8) is 0 Å². The summed E-state index contributed by atoms with van der Waals surface area (Å²) in [5.74, 6) is -1.38. The Labute approximate surface area is 214 Å². The van der Waals surface area contributed by atoms with Crippen LogP contribution in [0.15, 0.2) is 87.0 Å². The Balaban J connectivity index is 1.50. The average molecular weight is 567 g/mol. The third-order valence-corrected chi connectivity index (χ3v) is 8.31. The molecule has 0 unspecified atom stereocenters. The van der Waals surface area contributed by atoms with Crippen molar-refractivity contribution in [3.8, 4) is 5.69 Å². The minimum absolute atomic E-state index is 0.00306. The van der Waals surface area contributed by atoms with Crippen molar-refractivity contribution >= 4 is 49.1 Å². The molecule has 0 atom stereocenters. The lowest BCUT2D eigenvalue weighted by atomic mass is 10.1. The SMILES string of the molecule is Cc1c(NC(=O)c2ccc3c(c2)S(=O)(=O)N(c2ccc(Br)cc2)C3=O)c(=O)n(-c2ccccc2)n1C. The number of para-hydroxylation sites is 1. The molecule has 1 N–H and O–H groups in total. The van der Waals surface area contributed by atoms with E-state index in [-0.39, 0.29) is 27.4 Å². The average Bonchev–Trinajstić information content (AvgIpc) is 3.20. The molecule has 2 amide bonds. The Morgan fingerprint density at radius 3 is 2.25 bits per heavy atom. The van der Waals surface area contributed by atoms with E-state index in [0.29, 0.717) is 15.7 Å². The molecule has 182 valence electrons. The van der Waals surface area contributed by atoms with Gasteiger partial charge in [-0.15, -0.1) is 0 Å². The lowest BCUT2D eigenvalue weighted by molar-refractivity contribution is 0.100. The summed E-state index contributed by atoms with van der Waals surface area (Å²) in [6.07, 6.45) is 0. The number of benzene rings is 3. The summed E-state index contributed by atoms with van der Waals surface area (Å²) in [5, 5.41) is 2.61. The molecule has 36 heavy (non-hydrogen) atoms. The van der Waals surface area contributed by atoms with Crippen molar-refractivity contribution in [1.29, 1.82) is 0 Å². The van der Waals surface area contributed by atoms with Crippen molar-refractivity contribution in [3.05, 3.63) is 104 Å². The number of fused-ring (bicyclic) bond motifs is 1. The van der Waals surface area contributed by atoms with E-state index in [1.54, 1.807) is 55.1 Å². The molecule has 0 fully saturated rings. The van der Waals surface area contributed by atoms with Gasteiger partial charge in [-0.2, -0.15) is 4.31 Å². The summed E-state index contributed by atoms with van der Waals surface area (Å²) < 4.78 is 31.0. The van der Waals surface area contributed by atoms with Crippen LogP contribution in [0.2, 0.25) is 0 Å².